The minimum atomic E-state index is -0.330. The van der Waals surface area contributed by atoms with E-state index in [1.165, 1.54) is 0 Å². The lowest BCUT2D eigenvalue weighted by atomic mass is 10.3. The first-order valence-electron chi connectivity index (χ1n) is 11.9. The molecule has 1 aliphatic rings. The van der Waals surface area contributed by atoms with Crippen molar-refractivity contribution >= 4 is 23.6 Å². The van der Waals surface area contributed by atoms with Crippen LogP contribution in [0, 0.1) is 0 Å². The van der Waals surface area contributed by atoms with Crippen LogP contribution in [-0.2, 0) is 19.2 Å². The standard InChI is InChI=1S/C22H42N6O4/c1-5-27(6-2)21(31)17-25-12-9-13-26(18-22(32)28(7-3)8-4)15-11-24-20(30)16-19(29)23-10-14-25/h5-18H2,1-4H3,(H,23,29)(H,24,30). The molecule has 0 aromatic heterocycles. The zero-order valence-electron chi connectivity index (χ0n) is 20.3. The molecule has 1 aliphatic heterocycles. The van der Waals surface area contributed by atoms with Crippen molar-refractivity contribution in [1.29, 1.82) is 0 Å². The Hall–Kier alpha value is -2.20. The molecule has 2 N–H and O–H groups in total. The summed E-state index contributed by atoms with van der Waals surface area (Å²) in [7, 11) is 0. The Morgan fingerprint density at radius 1 is 0.719 bits per heavy atom. The molecule has 0 radical (unpaired) electrons. The molecule has 0 saturated carbocycles. The van der Waals surface area contributed by atoms with Gasteiger partial charge in [0.15, 0.2) is 0 Å². The van der Waals surface area contributed by atoms with E-state index in [0.29, 0.717) is 65.4 Å². The molecule has 1 rings (SSSR count). The molecule has 0 atom stereocenters. The lowest BCUT2D eigenvalue weighted by Gasteiger charge is -2.29. The summed E-state index contributed by atoms with van der Waals surface area (Å²) in [5.74, 6) is -0.530. The van der Waals surface area contributed by atoms with Crippen LogP contribution in [0.15, 0.2) is 0 Å². The Morgan fingerprint density at radius 3 is 1.44 bits per heavy atom. The van der Waals surface area contributed by atoms with E-state index in [9.17, 15) is 19.2 Å². The molecule has 1 fully saturated rings. The molecule has 10 heteroatoms. The van der Waals surface area contributed by atoms with Crippen LogP contribution in [0.3, 0.4) is 0 Å². The first-order valence-corrected chi connectivity index (χ1v) is 11.9. The van der Waals surface area contributed by atoms with Crippen molar-refractivity contribution < 1.29 is 19.2 Å². The van der Waals surface area contributed by atoms with E-state index in [1.54, 1.807) is 9.80 Å². The number of carbonyl (C=O) groups is 4. The third-order valence-corrected chi connectivity index (χ3v) is 5.72. The Labute approximate surface area is 192 Å². The van der Waals surface area contributed by atoms with Crippen LogP contribution in [0.25, 0.3) is 0 Å². The van der Waals surface area contributed by atoms with Crippen LogP contribution in [-0.4, -0.2) is 122 Å². The molecule has 32 heavy (non-hydrogen) atoms. The maximum atomic E-state index is 12.6. The third-order valence-electron chi connectivity index (χ3n) is 5.72. The van der Waals surface area contributed by atoms with Gasteiger partial charge in [-0.2, -0.15) is 0 Å². The summed E-state index contributed by atoms with van der Waals surface area (Å²) in [5, 5.41) is 5.52. The number of rotatable bonds is 8. The highest BCUT2D eigenvalue weighted by Gasteiger charge is 2.19. The fourth-order valence-corrected chi connectivity index (χ4v) is 3.77. The van der Waals surface area contributed by atoms with Gasteiger partial charge in [-0.05, 0) is 47.2 Å². The van der Waals surface area contributed by atoms with E-state index in [0.717, 1.165) is 6.42 Å². The van der Waals surface area contributed by atoms with Crippen molar-refractivity contribution in [2.75, 3.05) is 78.5 Å². The van der Waals surface area contributed by atoms with Gasteiger partial charge in [-0.25, -0.2) is 0 Å². The quantitative estimate of drug-likeness (QED) is 0.473. The van der Waals surface area contributed by atoms with Gasteiger partial charge in [-0.3, -0.25) is 29.0 Å². The summed E-state index contributed by atoms with van der Waals surface area (Å²) in [6.07, 6.45) is 0.551. The van der Waals surface area contributed by atoms with E-state index >= 15 is 0 Å². The highest BCUT2D eigenvalue weighted by Crippen LogP contribution is 2.01. The Balaban J connectivity index is 2.83. The zero-order chi connectivity index (χ0) is 23.9. The molecule has 10 nitrogen and oxygen atoms in total. The number of hydrogen-bond donors (Lipinski definition) is 2. The van der Waals surface area contributed by atoms with E-state index in [-0.39, 0.29) is 43.1 Å². The zero-order valence-corrected chi connectivity index (χ0v) is 20.3. The van der Waals surface area contributed by atoms with Crippen molar-refractivity contribution in [1.82, 2.24) is 30.2 Å². The first kappa shape index (κ1) is 27.8. The van der Waals surface area contributed by atoms with Crippen molar-refractivity contribution in [3.05, 3.63) is 0 Å². The summed E-state index contributed by atoms with van der Waals surface area (Å²) in [6, 6.07) is 0. The summed E-state index contributed by atoms with van der Waals surface area (Å²) in [4.78, 5) is 56.9. The van der Waals surface area contributed by atoms with Gasteiger partial charge in [0.25, 0.3) is 0 Å². The Morgan fingerprint density at radius 2 is 1.09 bits per heavy atom. The number of nitrogens with one attached hydrogen (secondary N) is 2. The van der Waals surface area contributed by atoms with Crippen LogP contribution < -0.4 is 10.6 Å². The molecule has 1 heterocycles. The molecular formula is C22H42N6O4. The maximum absolute atomic E-state index is 12.6. The number of nitrogens with zero attached hydrogens (tertiary/aromatic N) is 4. The number of likely N-dealkylation sites (N-methyl/N-ethyl adjacent to an activating group) is 2. The highest BCUT2D eigenvalue weighted by atomic mass is 16.2. The van der Waals surface area contributed by atoms with Crippen LogP contribution >= 0.6 is 0 Å². The van der Waals surface area contributed by atoms with E-state index in [2.05, 4.69) is 10.6 Å². The molecule has 0 aromatic carbocycles. The van der Waals surface area contributed by atoms with Gasteiger partial charge in [-0.15, -0.1) is 0 Å². The largest absolute Gasteiger partial charge is 0.354 e. The van der Waals surface area contributed by atoms with Crippen molar-refractivity contribution in [2.45, 2.75) is 40.5 Å². The average molecular weight is 455 g/mol. The van der Waals surface area contributed by atoms with Gasteiger partial charge in [0.2, 0.25) is 23.6 Å². The fraction of sp³-hybridized carbons (Fsp3) is 0.818. The van der Waals surface area contributed by atoms with Gasteiger partial charge < -0.3 is 20.4 Å². The molecule has 4 amide bonds. The topological polar surface area (TPSA) is 105 Å². The maximum Gasteiger partial charge on any atom is 0.236 e. The summed E-state index contributed by atoms with van der Waals surface area (Å²) < 4.78 is 0. The van der Waals surface area contributed by atoms with Gasteiger partial charge in [-0.1, -0.05) is 0 Å². The van der Waals surface area contributed by atoms with Gasteiger partial charge >= 0.3 is 0 Å². The van der Waals surface area contributed by atoms with Crippen molar-refractivity contribution in [2.24, 2.45) is 0 Å². The molecule has 184 valence electrons. The Bertz CT molecular complexity index is 557. The third kappa shape index (κ3) is 10.4. The van der Waals surface area contributed by atoms with E-state index in [4.69, 9.17) is 0 Å². The minimum absolute atomic E-state index is 0.0652. The minimum Gasteiger partial charge on any atom is -0.354 e. The molecule has 0 spiro atoms. The van der Waals surface area contributed by atoms with Gasteiger partial charge in [0.1, 0.15) is 6.42 Å². The summed E-state index contributed by atoms with van der Waals surface area (Å²) >= 11 is 0. The summed E-state index contributed by atoms with van der Waals surface area (Å²) in [6.45, 7) is 14.2. The molecule has 1 saturated heterocycles. The second-order valence-electron chi connectivity index (χ2n) is 7.91. The molecular weight excluding hydrogens is 412 g/mol. The fourth-order valence-electron chi connectivity index (χ4n) is 3.77. The van der Waals surface area contributed by atoms with Crippen molar-refractivity contribution in [3.8, 4) is 0 Å². The monoisotopic (exact) mass is 454 g/mol. The smallest absolute Gasteiger partial charge is 0.236 e. The van der Waals surface area contributed by atoms with Crippen LogP contribution in [0.5, 0.6) is 0 Å². The number of carbonyl (C=O) groups excluding carboxylic acids is 4. The Kier molecular flexibility index (Phi) is 13.5. The van der Waals surface area contributed by atoms with Crippen LogP contribution in [0.2, 0.25) is 0 Å². The van der Waals surface area contributed by atoms with Crippen LogP contribution in [0.4, 0.5) is 0 Å². The van der Waals surface area contributed by atoms with Gasteiger partial charge in [0, 0.05) is 52.4 Å². The molecule has 0 bridgehead atoms. The number of hydrogen-bond acceptors (Lipinski definition) is 6. The molecule has 0 aliphatic carbocycles. The second kappa shape index (κ2) is 15.6. The number of amides is 4. The van der Waals surface area contributed by atoms with Gasteiger partial charge in [0.05, 0.1) is 13.1 Å². The first-order chi connectivity index (χ1) is 15.3. The van der Waals surface area contributed by atoms with E-state index in [1.807, 2.05) is 37.5 Å². The predicted octanol–water partition coefficient (Wildman–Crippen LogP) is -0.647. The average Bonchev–Trinajstić information content (AvgIpc) is 2.74. The van der Waals surface area contributed by atoms with Crippen molar-refractivity contribution in [3.63, 3.8) is 0 Å². The lowest BCUT2D eigenvalue weighted by molar-refractivity contribution is -0.132. The highest BCUT2D eigenvalue weighted by molar-refractivity contribution is 5.96. The second-order valence-corrected chi connectivity index (χ2v) is 7.91. The normalized spacial score (nSPS) is 17.8. The summed E-state index contributed by atoms with van der Waals surface area (Å²) in [5.41, 5.74) is 0. The van der Waals surface area contributed by atoms with Crippen LogP contribution in [0.1, 0.15) is 40.5 Å². The predicted molar refractivity (Wildman–Crippen MR) is 124 cm³/mol. The lowest BCUT2D eigenvalue weighted by Crippen LogP contribution is -2.46. The molecule has 0 unspecified atom stereocenters. The van der Waals surface area contributed by atoms with E-state index < -0.39 is 0 Å². The molecule has 0 aromatic rings. The SMILES string of the molecule is CCN(CC)C(=O)CN1CCCN(CC(=O)N(CC)CC)CCNC(=O)CC(=O)NCC1.